The van der Waals surface area contributed by atoms with E-state index in [1.807, 2.05) is 0 Å². The van der Waals surface area contributed by atoms with Crippen LogP contribution in [-0.4, -0.2) is 26.6 Å². The molecule has 0 aliphatic heterocycles. The van der Waals surface area contributed by atoms with Crippen molar-refractivity contribution in [2.75, 3.05) is 12.3 Å². The first kappa shape index (κ1) is 18.1. The topological polar surface area (TPSA) is 63.2 Å². The molecule has 0 saturated carbocycles. The van der Waals surface area contributed by atoms with Gasteiger partial charge < -0.3 is 5.32 Å². The van der Waals surface area contributed by atoms with Crippen molar-refractivity contribution in [2.45, 2.75) is 24.7 Å². The molecule has 1 amide bonds. The van der Waals surface area contributed by atoms with Crippen molar-refractivity contribution >= 4 is 15.7 Å². The van der Waals surface area contributed by atoms with E-state index in [4.69, 9.17) is 0 Å². The van der Waals surface area contributed by atoms with Crippen LogP contribution in [0.5, 0.6) is 0 Å². The number of halogens is 1. The Morgan fingerprint density at radius 3 is 2.17 bits per heavy atom. The van der Waals surface area contributed by atoms with E-state index in [9.17, 15) is 17.6 Å². The van der Waals surface area contributed by atoms with Crippen molar-refractivity contribution in [3.8, 4) is 0 Å². The number of carbonyl (C=O) groups is 1. The van der Waals surface area contributed by atoms with E-state index in [0.29, 0.717) is 17.9 Å². The molecule has 0 heterocycles. The molecule has 6 heteroatoms. The molecule has 0 saturated heterocycles. The number of rotatable bonds is 7. The molecule has 0 radical (unpaired) electrons. The summed E-state index contributed by atoms with van der Waals surface area (Å²) in [7, 11) is -3.18. The number of sulfone groups is 1. The Morgan fingerprint density at radius 1 is 1.00 bits per heavy atom. The van der Waals surface area contributed by atoms with Crippen LogP contribution in [0.1, 0.15) is 18.1 Å². The lowest BCUT2D eigenvalue weighted by Gasteiger charge is -2.07. The van der Waals surface area contributed by atoms with Gasteiger partial charge in [0, 0.05) is 6.54 Å². The SMILES string of the molecule is CCS(=O)(=O)c1ccc(CCNC(=O)Cc2ccc(F)cc2)cc1. The van der Waals surface area contributed by atoms with E-state index in [-0.39, 0.29) is 23.9 Å². The molecule has 0 bridgehead atoms. The third kappa shape index (κ3) is 5.16. The van der Waals surface area contributed by atoms with E-state index in [1.54, 1.807) is 43.3 Å². The fourth-order valence-electron chi connectivity index (χ4n) is 2.23. The number of amides is 1. The number of benzene rings is 2. The second kappa shape index (κ2) is 8.06. The van der Waals surface area contributed by atoms with Crippen molar-refractivity contribution in [2.24, 2.45) is 0 Å². The van der Waals surface area contributed by atoms with Crippen molar-refractivity contribution in [3.63, 3.8) is 0 Å². The second-order valence-corrected chi connectivity index (χ2v) is 7.73. The third-order valence-corrected chi connectivity index (χ3v) is 5.43. The Morgan fingerprint density at radius 2 is 1.58 bits per heavy atom. The Labute approximate surface area is 141 Å². The molecule has 0 aliphatic carbocycles. The van der Waals surface area contributed by atoms with Crippen LogP contribution >= 0.6 is 0 Å². The highest BCUT2D eigenvalue weighted by molar-refractivity contribution is 7.91. The summed E-state index contributed by atoms with van der Waals surface area (Å²) in [6, 6.07) is 12.5. The fourth-order valence-corrected chi connectivity index (χ4v) is 3.11. The molecule has 2 aromatic carbocycles. The first-order valence-electron chi connectivity index (χ1n) is 7.73. The van der Waals surface area contributed by atoms with Crippen molar-refractivity contribution in [3.05, 3.63) is 65.5 Å². The first-order chi connectivity index (χ1) is 11.4. The van der Waals surface area contributed by atoms with Crippen LogP contribution in [0.25, 0.3) is 0 Å². The largest absolute Gasteiger partial charge is 0.355 e. The van der Waals surface area contributed by atoms with Gasteiger partial charge in [-0.2, -0.15) is 0 Å². The molecule has 24 heavy (non-hydrogen) atoms. The minimum atomic E-state index is -3.18. The zero-order valence-electron chi connectivity index (χ0n) is 13.5. The number of hydrogen-bond donors (Lipinski definition) is 1. The van der Waals surface area contributed by atoms with Crippen LogP contribution in [0, 0.1) is 5.82 Å². The molecule has 4 nitrogen and oxygen atoms in total. The predicted molar refractivity (Wildman–Crippen MR) is 91.0 cm³/mol. The molecule has 2 aromatic rings. The molecule has 0 aromatic heterocycles. The molecular formula is C18H20FNO3S. The summed E-state index contributed by atoms with van der Waals surface area (Å²) >= 11 is 0. The maximum absolute atomic E-state index is 12.8. The summed E-state index contributed by atoms with van der Waals surface area (Å²) in [6.45, 7) is 2.07. The highest BCUT2D eigenvalue weighted by Gasteiger charge is 2.10. The highest BCUT2D eigenvalue weighted by Crippen LogP contribution is 2.12. The van der Waals surface area contributed by atoms with Crippen LogP contribution in [0.2, 0.25) is 0 Å². The molecule has 0 fully saturated rings. The maximum Gasteiger partial charge on any atom is 0.224 e. The summed E-state index contributed by atoms with van der Waals surface area (Å²) in [5.41, 5.74) is 1.70. The van der Waals surface area contributed by atoms with E-state index in [2.05, 4.69) is 5.32 Å². The number of hydrogen-bond acceptors (Lipinski definition) is 3. The predicted octanol–water partition coefficient (Wildman–Crippen LogP) is 2.52. The van der Waals surface area contributed by atoms with Gasteiger partial charge in [-0.05, 0) is 41.8 Å². The van der Waals surface area contributed by atoms with Gasteiger partial charge in [-0.3, -0.25) is 4.79 Å². The quantitative estimate of drug-likeness (QED) is 0.835. The Balaban J connectivity index is 1.81. The second-order valence-electron chi connectivity index (χ2n) is 5.45. The van der Waals surface area contributed by atoms with Gasteiger partial charge in [0.25, 0.3) is 0 Å². The van der Waals surface area contributed by atoms with Crippen molar-refractivity contribution in [1.29, 1.82) is 0 Å². The average Bonchev–Trinajstić information content (AvgIpc) is 2.57. The van der Waals surface area contributed by atoms with Gasteiger partial charge in [-0.25, -0.2) is 12.8 Å². The van der Waals surface area contributed by atoms with Gasteiger partial charge >= 0.3 is 0 Å². The molecule has 0 spiro atoms. The standard InChI is InChI=1S/C18H20FNO3S/c1-2-24(22,23)17-9-5-14(6-10-17)11-12-20-18(21)13-15-3-7-16(19)8-4-15/h3-10H,2,11-13H2,1H3,(H,20,21). The highest BCUT2D eigenvalue weighted by atomic mass is 32.2. The molecular weight excluding hydrogens is 329 g/mol. The average molecular weight is 349 g/mol. The molecule has 128 valence electrons. The van der Waals surface area contributed by atoms with Gasteiger partial charge in [-0.15, -0.1) is 0 Å². The molecule has 1 N–H and O–H groups in total. The molecule has 0 atom stereocenters. The molecule has 2 rings (SSSR count). The minimum Gasteiger partial charge on any atom is -0.355 e. The molecule has 0 unspecified atom stereocenters. The van der Waals surface area contributed by atoms with E-state index in [0.717, 1.165) is 11.1 Å². The van der Waals surface area contributed by atoms with Gasteiger partial charge in [0.15, 0.2) is 9.84 Å². The molecule has 0 aliphatic rings. The summed E-state index contributed by atoms with van der Waals surface area (Å²) in [6.07, 6.45) is 0.815. The van der Waals surface area contributed by atoms with Crippen LogP contribution in [0.3, 0.4) is 0 Å². The monoisotopic (exact) mass is 349 g/mol. The summed E-state index contributed by atoms with van der Waals surface area (Å²) < 4.78 is 36.3. The van der Waals surface area contributed by atoms with Gasteiger partial charge in [-0.1, -0.05) is 31.2 Å². The van der Waals surface area contributed by atoms with E-state index in [1.165, 1.54) is 12.1 Å². The number of nitrogens with one attached hydrogen (secondary N) is 1. The van der Waals surface area contributed by atoms with E-state index >= 15 is 0 Å². The lowest BCUT2D eigenvalue weighted by atomic mass is 10.1. The maximum atomic E-state index is 12.8. The zero-order chi connectivity index (χ0) is 17.6. The van der Waals surface area contributed by atoms with Gasteiger partial charge in [0.2, 0.25) is 5.91 Å². The summed E-state index contributed by atoms with van der Waals surface area (Å²) in [5, 5.41) is 2.80. The Bertz CT molecular complexity index is 784. The van der Waals surface area contributed by atoms with Crippen LogP contribution < -0.4 is 5.32 Å². The fraction of sp³-hybridized carbons (Fsp3) is 0.278. The minimum absolute atomic E-state index is 0.0752. The van der Waals surface area contributed by atoms with Gasteiger partial charge in [0.1, 0.15) is 5.82 Å². The van der Waals surface area contributed by atoms with Gasteiger partial charge in [0.05, 0.1) is 17.1 Å². The Kier molecular flexibility index (Phi) is 6.09. The third-order valence-electron chi connectivity index (χ3n) is 3.68. The lowest BCUT2D eigenvalue weighted by molar-refractivity contribution is -0.120. The smallest absolute Gasteiger partial charge is 0.224 e. The number of carbonyl (C=O) groups excluding carboxylic acids is 1. The van der Waals surface area contributed by atoms with Crippen molar-refractivity contribution in [1.82, 2.24) is 5.32 Å². The summed E-state index contributed by atoms with van der Waals surface area (Å²) in [5.74, 6) is -0.384. The lowest BCUT2D eigenvalue weighted by Crippen LogP contribution is -2.27. The zero-order valence-corrected chi connectivity index (χ0v) is 14.3. The first-order valence-corrected chi connectivity index (χ1v) is 9.39. The Hall–Kier alpha value is -2.21. The van der Waals surface area contributed by atoms with Crippen LogP contribution in [-0.2, 0) is 27.5 Å². The van der Waals surface area contributed by atoms with Crippen LogP contribution in [0.4, 0.5) is 4.39 Å². The van der Waals surface area contributed by atoms with Crippen LogP contribution in [0.15, 0.2) is 53.4 Å². The van der Waals surface area contributed by atoms with Crippen molar-refractivity contribution < 1.29 is 17.6 Å². The normalized spacial score (nSPS) is 11.2. The summed E-state index contributed by atoms with van der Waals surface area (Å²) in [4.78, 5) is 12.1. The van der Waals surface area contributed by atoms with E-state index < -0.39 is 9.84 Å².